The first-order valence-electron chi connectivity index (χ1n) is 5.63. The predicted molar refractivity (Wildman–Crippen MR) is 72.5 cm³/mol. The number of anilines is 1. The first kappa shape index (κ1) is 13.3. The Morgan fingerprint density at radius 3 is 2.47 bits per heavy atom. The van der Waals surface area contributed by atoms with E-state index in [0.29, 0.717) is 10.8 Å². The van der Waals surface area contributed by atoms with E-state index >= 15 is 0 Å². The van der Waals surface area contributed by atoms with Crippen LogP contribution >= 0.6 is 11.6 Å². The Bertz CT molecular complexity index is 569. The third kappa shape index (κ3) is 3.42. The number of rotatable bonds is 4. The van der Waals surface area contributed by atoms with Gasteiger partial charge in [0, 0.05) is 11.1 Å². The number of nitrogens with one attached hydrogen (secondary N) is 1. The Morgan fingerprint density at radius 2 is 1.95 bits per heavy atom. The fraction of sp³-hybridized carbons (Fsp3) is 0.154. The summed E-state index contributed by atoms with van der Waals surface area (Å²) < 4.78 is 0. The van der Waals surface area contributed by atoms with E-state index < -0.39 is 5.97 Å². The Hall–Kier alpha value is -2.14. The molecule has 0 aliphatic heterocycles. The zero-order chi connectivity index (χ0) is 13.8. The molecule has 5 nitrogen and oxygen atoms in total. The molecule has 1 heterocycles. The highest BCUT2D eigenvalue weighted by molar-refractivity contribution is 6.30. The maximum absolute atomic E-state index is 10.7. The number of aromatic nitrogens is 2. The molecule has 0 saturated heterocycles. The van der Waals surface area contributed by atoms with Crippen molar-refractivity contribution in [3.05, 3.63) is 52.9 Å². The molecule has 0 aliphatic rings. The van der Waals surface area contributed by atoms with E-state index in [9.17, 15) is 4.79 Å². The standard InChI is InChI=1S/C13H12ClN3O2/c1-8(9-2-4-10(14)5-3-9)17-12-7-15-11(6-16-12)13(18)19/h2-8H,1H3,(H,16,17)(H,18,19). The maximum atomic E-state index is 10.7. The largest absolute Gasteiger partial charge is 0.476 e. The van der Waals surface area contributed by atoms with Crippen molar-refractivity contribution in [3.8, 4) is 0 Å². The van der Waals surface area contributed by atoms with Gasteiger partial charge in [0.25, 0.3) is 0 Å². The van der Waals surface area contributed by atoms with Crippen LogP contribution in [0.15, 0.2) is 36.7 Å². The fourth-order valence-corrected chi connectivity index (χ4v) is 1.70. The van der Waals surface area contributed by atoms with Crippen LogP contribution in [0.1, 0.15) is 29.0 Å². The minimum atomic E-state index is -1.09. The summed E-state index contributed by atoms with van der Waals surface area (Å²) in [4.78, 5) is 18.4. The highest BCUT2D eigenvalue weighted by atomic mass is 35.5. The molecular formula is C13H12ClN3O2. The number of carboxylic acid groups (broad SMARTS) is 1. The molecule has 1 atom stereocenters. The molecule has 2 N–H and O–H groups in total. The van der Waals surface area contributed by atoms with Crippen LogP contribution in [-0.4, -0.2) is 21.0 Å². The lowest BCUT2D eigenvalue weighted by atomic mass is 10.1. The van der Waals surface area contributed by atoms with Crippen LogP contribution < -0.4 is 5.32 Å². The van der Waals surface area contributed by atoms with E-state index in [4.69, 9.17) is 16.7 Å². The number of benzene rings is 1. The molecule has 1 aromatic carbocycles. The van der Waals surface area contributed by atoms with Crippen molar-refractivity contribution in [1.82, 2.24) is 9.97 Å². The number of hydrogen-bond acceptors (Lipinski definition) is 4. The van der Waals surface area contributed by atoms with Crippen molar-refractivity contribution in [2.75, 3.05) is 5.32 Å². The molecule has 1 unspecified atom stereocenters. The Morgan fingerprint density at radius 1 is 1.26 bits per heavy atom. The van der Waals surface area contributed by atoms with Gasteiger partial charge in [-0.25, -0.2) is 14.8 Å². The van der Waals surface area contributed by atoms with Crippen molar-refractivity contribution >= 4 is 23.4 Å². The molecule has 0 amide bonds. The second-order valence-electron chi connectivity index (χ2n) is 4.01. The molecule has 0 radical (unpaired) electrons. The Balaban J connectivity index is 2.08. The molecule has 2 aromatic rings. The molecule has 0 spiro atoms. The monoisotopic (exact) mass is 277 g/mol. The van der Waals surface area contributed by atoms with Gasteiger partial charge >= 0.3 is 5.97 Å². The number of nitrogens with zero attached hydrogens (tertiary/aromatic N) is 2. The average Bonchev–Trinajstić information content (AvgIpc) is 2.40. The quantitative estimate of drug-likeness (QED) is 0.898. The zero-order valence-corrected chi connectivity index (χ0v) is 10.9. The molecule has 1 aromatic heterocycles. The highest BCUT2D eigenvalue weighted by Crippen LogP contribution is 2.19. The Labute approximate surface area is 115 Å². The van der Waals surface area contributed by atoms with Crippen molar-refractivity contribution < 1.29 is 9.90 Å². The van der Waals surface area contributed by atoms with Gasteiger partial charge in [-0.1, -0.05) is 23.7 Å². The van der Waals surface area contributed by atoms with Crippen LogP contribution in [0.5, 0.6) is 0 Å². The molecule has 98 valence electrons. The fourth-order valence-electron chi connectivity index (χ4n) is 1.57. The van der Waals surface area contributed by atoms with Crippen LogP contribution in [0.3, 0.4) is 0 Å². The summed E-state index contributed by atoms with van der Waals surface area (Å²) in [6.07, 6.45) is 2.62. The first-order chi connectivity index (χ1) is 9.06. The second kappa shape index (κ2) is 5.67. The van der Waals surface area contributed by atoms with Gasteiger partial charge in [-0.3, -0.25) is 0 Å². The normalized spacial score (nSPS) is 11.9. The molecule has 19 heavy (non-hydrogen) atoms. The minimum Gasteiger partial charge on any atom is -0.476 e. The van der Waals surface area contributed by atoms with Gasteiger partial charge in [0.1, 0.15) is 5.82 Å². The van der Waals surface area contributed by atoms with Crippen molar-refractivity contribution in [1.29, 1.82) is 0 Å². The molecule has 6 heteroatoms. The smallest absolute Gasteiger partial charge is 0.356 e. The maximum Gasteiger partial charge on any atom is 0.356 e. The van der Waals surface area contributed by atoms with E-state index in [-0.39, 0.29) is 11.7 Å². The SMILES string of the molecule is CC(Nc1cnc(C(=O)O)cn1)c1ccc(Cl)cc1. The summed E-state index contributed by atoms with van der Waals surface area (Å²) in [5.74, 6) is -0.572. The summed E-state index contributed by atoms with van der Waals surface area (Å²) >= 11 is 5.83. The lowest BCUT2D eigenvalue weighted by Crippen LogP contribution is -2.09. The lowest BCUT2D eigenvalue weighted by molar-refractivity contribution is 0.0690. The third-order valence-corrected chi connectivity index (χ3v) is 2.86. The van der Waals surface area contributed by atoms with Crippen LogP contribution in [-0.2, 0) is 0 Å². The third-order valence-electron chi connectivity index (χ3n) is 2.61. The van der Waals surface area contributed by atoms with Gasteiger partial charge in [-0.2, -0.15) is 0 Å². The zero-order valence-electron chi connectivity index (χ0n) is 10.2. The van der Waals surface area contributed by atoms with E-state index in [1.165, 1.54) is 12.4 Å². The number of carbonyl (C=O) groups is 1. The van der Waals surface area contributed by atoms with Gasteiger partial charge < -0.3 is 10.4 Å². The van der Waals surface area contributed by atoms with E-state index in [2.05, 4.69) is 15.3 Å². The molecule has 0 saturated carbocycles. The summed E-state index contributed by atoms with van der Waals surface area (Å²) in [5, 5.41) is 12.5. The molecule has 0 fully saturated rings. The second-order valence-corrected chi connectivity index (χ2v) is 4.45. The summed E-state index contributed by atoms with van der Waals surface area (Å²) in [5.41, 5.74) is 0.971. The molecule has 0 aliphatic carbocycles. The van der Waals surface area contributed by atoms with Gasteiger partial charge in [-0.15, -0.1) is 0 Å². The van der Waals surface area contributed by atoms with E-state index in [1.54, 1.807) is 0 Å². The topological polar surface area (TPSA) is 75.1 Å². The van der Waals surface area contributed by atoms with Crippen molar-refractivity contribution in [2.45, 2.75) is 13.0 Å². The Kier molecular flexibility index (Phi) is 3.97. The summed E-state index contributed by atoms with van der Waals surface area (Å²) in [7, 11) is 0. The number of halogens is 1. The summed E-state index contributed by atoms with van der Waals surface area (Å²) in [6.45, 7) is 1.97. The van der Waals surface area contributed by atoms with Crippen molar-refractivity contribution in [3.63, 3.8) is 0 Å². The molecule has 2 rings (SSSR count). The van der Waals surface area contributed by atoms with Crippen LogP contribution in [0.2, 0.25) is 5.02 Å². The first-order valence-corrected chi connectivity index (χ1v) is 6.01. The highest BCUT2D eigenvalue weighted by Gasteiger charge is 2.08. The van der Waals surface area contributed by atoms with Crippen LogP contribution in [0.25, 0.3) is 0 Å². The van der Waals surface area contributed by atoms with Gasteiger partial charge in [0.15, 0.2) is 5.69 Å². The lowest BCUT2D eigenvalue weighted by Gasteiger charge is -2.14. The predicted octanol–water partition coefficient (Wildman–Crippen LogP) is 3.00. The average molecular weight is 278 g/mol. The number of hydrogen-bond donors (Lipinski definition) is 2. The van der Waals surface area contributed by atoms with Crippen LogP contribution in [0, 0.1) is 0 Å². The molecule has 0 bridgehead atoms. The minimum absolute atomic E-state index is 0.0160. The van der Waals surface area contributed by atoms with Gasteiger partial charge in [0.05, 0.1) is 12.4 Å². The van der Waals surface area contributed by atoms with E-state index in [1.807, 2.05) is 31.2 Å². The number of carboxylic acids is 1. The molecular weight excluding hydrogens is 266 g/mol. The van der Waals surface area contributed by atoms with Gasteiger partial charge in [-0.05, 0) is 24.6 Å². The number of aromatic carboxylic acids is 1. The summed E-state index contributed by atoms with van der Waals surface area (Å²) in [6, 6.07) is 7.47. The van der Waals surface area contributed by atoms with Gasteiger partial charge in [0.2, 0.25) is 0 Å². The van der Waals surface area contributed by atoms with Crippen molar-refractivity contribution in [2.24, 2.45) is 0 Å². The van der Waals surface area contributed by atoms with Crippen LogP contribution in [0.4, 0.5) is 5.82 Å². The van der Waals surface area contributed by atoms with E-state index in [0.717, 1.165) is 5.56 Å².